The van der Waals surface area contributed by atoms with Crippen molar-refractivity contribution in [3.63, 3.8) is 0 Å². The predicted molar refractivity (Wildman–Crippen MR) is 71.9 cm³/mol. The first-order valence-electron chi connectivity index (χ1n) is 6.30. The van der Waals surface area contributed by atoms with Gasteiger partial charge in [-0.1, -0.05) is 20.8 Å². The molecule has 0 atom stereocenters. The average Bonchev–Trinajstić information content (AvgIpc) is 1.98. The Morgan fingerprint density at radius 3 is 1.81 bits per heavy atom. The molecule has 0 heterocycles. The second-order valence-corrected chi connectivity index (χ2v) is 7.23. The molecule has 0 aromatic carbocycles. The minimum Gasteiger partial charge on any atom is -0.375 e. The zero-order valence-corrected chi connectivity index (χ0v) is 12.5. The molecule has 2 nitrogen and oxygen atoms in total. The highest BCUT2D eigenvalue weighted by molar-refractivity contribution is 4.79. The van der Waals surface area contributed by atoms with Crippen LogP contribution in [0.4, 0.5) is 0 Å². The summed E-state index contributed by atoms with van der Waals surface area (Å²) in [5.41, 5.74) is 0.460. The molecule has 98 valence electrons. The lowest BCUT2D eigenvalue weighted by Crippen LogP contribution is -2.39. The molecule has 0 bridgehead atoms. The van der Waals surface area contributed by atoms with Crippen LogP contribution < -0.4 is 5.32 Å². The summed E-state index contributed by atoms with van der Waals surface area (Å²) in [7, 11) is 2.00. The minimum absolute atomic E-state index is 0.0257. The molecule has 16 heavy (non-hydrogen) atoms. The lowest BCUT2D eigenvalue weighted by atomic mass is 9.83. The lowest BCUT2D eigenvalue weighted by molar-refractivity contribution is -0.0490. The fourth-order valence-electron chi connectivity index (χ4n) is 2.04. The molecular weight excluding hydrogens is 198 g/mol. The maximum atomic E-state index is 6.00. The van der Waals surface area contributed by atoms with Gasteiger partial charge in [0.05, 0.1) is 5.60 Å². The number of nitrogens with one attached hydrogen (secondary N) is 1. The molecule has 0 aliphatic carbocycles. The molecule has 0 aromatic heterocycles. The molecule has 0 unspecified atom stereocenters. The third kappa shape index (κ3) is 8.12. The molecule has 0 radical (unpaired) electrons. The van der Waals surface area contributed by atoms with E-state index in [9.17, 15) is 0 Å². The minimum atomic E-state index is -0.0257. The summed E-state index contributed by atoms with van der Waals surface area (Å²) in [6.45, 7) is 16.4. The first-order chi connectivity index (χ1) is 6.97. The quantitative estimate of drug-likeness (QED) is 0.751. The molecule has 0 fully saturated rings. The summed E-state index contributed by atoms with van der Waals surface area (Å²) in [6, 6.07) is 0. The van der Waals surface area contributed by atoms with E-state index in [-0.39, 0.29) is 11.1 Å². The summed E-state index contributed by atoms with van der Waals surface area (Å²) in [6.07, 6.45) is 2.12. The highest BCUT2D eigenvalue weighted by atomic mass is 16.5. The number of hydrogen-bond donors (Lipinski definition) is 1. The van der Waals surface area contributed by atoms with E-state index < -0.39 is 0 Å². The molecule has 0 aliphatic rings. The summed E-state index contributed by atoms with van der Waals surface area (Å²) < 4.78 is 6.00. The van der Waals surface area contributed by atoms with Gasteiger partial charge in [0.25, 0.3) is 0 Å². The van der Waals surface area contributed by atoms with E-state index in [1.807, 2.05) is 7.05 Å². The van der Waals surface area contributed by atoms with Crippen LogP contribution in [0.2, 0.25) is 0 Å². The van der Waals surface area contributed by atoms with Crippen molar-refractivity contribution in [2.45, 2.75) is 72.4 Å². The number of rotatable bonds is 6. The van der Waals surface area contributed by atoms with Gasteiger partial charge < -0.3 is 10.1 Å². The van der Waals surface area contributed by atoms with Crippen LogP contribution in [0, 0.1) is 5.41 Å². The number of ether oxygens (including phenoxy) is 1. The van der Waals surface area contributed by atoms with Gasteiger partial charge in [-0.3, -0.25) is 0 Å². The van der Waals surface area contributed by atoms with E-state index in [2.05, 4.69) is 53.8 Å². The maximum absolute atomic E-state index is 6.00. The third-order valence-electron chi connectivity index (χ3n) is 2.85. The highest BCUT2D eigenvalue weighted by Gasteiger charge is 2.26. The van der Waals surface area contributed by atoms with Gasteiger partial charge in [-0.15, -0.1) is 0 Å². The summed E-state index contributed by atoms with van der Waals surface area (Å²) >= 11 is 0. The summed E-state index contributed by atoms with van der Waals surface area (Å²) in [4.78, 5) is 0. The fourth-order valence-corrected chi connectivity index (χ4v) is 2.04. The van der Waals surface area contributed by atoms with Crippen molar-refractivity contribution in [3.8, 4) is 0 Å². The topological polar surface area (TPSA) is 21.3 Å². The first-order valence-corrected chi connectivity index (χ1v) is 6.30. The van der Waals surface area contributed by atoms with Crippen LogP contribution in [0.3, 0.4) is 0 Å². The van der Waals surface area contributed by atoms with Gasteiger partial charge in [0.2, 0.25) is 0 Å². The van der Waals surface area contributed by atoms with Crippen molar-refractivity contribution in [2.75, 3.05) is 13.7 Å². The van der Waals surface area contributed by atoms with E-state index in [1.165, 1.54) is 0 Å². The van der Waals surface area contributed by atoms with Crippen molar-refractivity contribution in [1.29, 1.82) is 0 Å². The predicted octanol–water partition coefficient (Wildman–Crippen LogP) is 3.61. The zero-order valence-electron chi connectivity index (χ0n) is 12.5. The van der Waals surface area contributed by atoms with E-state index in [1.54, 1.807) is 0 Å². The lowest BCUT2D eigenvalue weighted by Gasteiger charge is -2.34. The molecule has 2 heteroatoms. The van der Waals surface area contributed by atoms with Gasteiger partial charge in [0.15, 0.2) is 0 Å². The Balaban J connectivity index is 4.01. The Hall–Kier alpha value is -0.0800. The van der Waals surface area contributed by atoms with Gasteiger partial charge in [0.1, 0.15) is 0 Å². The van der Waals surface area contributed by atoms with E-state index in [0.717, 1.165) is 19.4 Å². The van der Waals surface area contributed by atoms with Crippen molar-refractivity contribution < 1.29 is 4.74 Å². The molecule has 0 spiro atoms. The van der Waals surface area contributed by atoms with Crippen LogP contribution in [0.1, 0.15) is 61.3 Å². The smallest absolute Gasteiger partial charge is 0.0631 e. The first kappa shape index (κ1) is 15.9. The van der Waals surface area contributed by atoms with E-state index in [4.69, 9.17) is 4.74 Å². The Morgan fingerprint density at radius 2 is 1.44 bits per heavy atom. The van der Waals surface area contributed by atoms with Gasteiger partial charge in [-0.2, -0.15) is 0 Å². The van der Waals surface area contributed by atoms with Gasteiger partial charge in [-0.05, 0) is 53.0 Å². The molecular formula is C14H31NO. The molecule has 0 amide bonds. The summed E-state index contributed by atoms with van der Waals surface area (Å²) in [5.74, 6) is 0. The van der Waals surface area contributed by atoms with Crippen LogP contribution >= 0.6 is 0 Å². The maximum Gasteiger partial charge on any atom is 0.0631 e. The molecule has 0 saturated heterocycles. The van der Waals surface area contributed by atoms with E-state index in [0.29, 0.717) is 5.41 Å². The van der Waals surface area contributed by atoms with Gasteiger partial charge in [0, 0.05) is 12.1 Å². The molecule has 0 saturated carbocycles. The monoisotopic (exact) mass is 229 g/mol. The second-order valence-electron chi connectivity index (χ2n) is 7.23. The molecule has 1 N–H and O–H groups in total. The Labute approximate surface area is 102 Å². The normalized spacial score (nSPS) is 14.2. The van der Waals surface area contributed by atoms with Crippen molar-refractivity contribution in [2.24, 2.45) is 5.41 Å². The van der Waals surface area contributed by atoms with Crippen molar-refractivity contribution in [3.05, 3.63) is 0 Å². The van der Waals surface area contributed by atoms with Crippen LogP contribution in [0.15, 0.2) is 0 Å². The van der Waals surface area contributed by atoms with Crippen molar-refractivity contribution >= 4 is 0 Å². The Bertz CT molecular complexity index is 201. The van der Waals surface area contributed by atoms with Gasteiger partial charge in [-0.25, -0.2) is 0 Å². The second kappa shape index (κ2) is 5.50. The average molecular weight is 229 g/mol. The van der Waals surface area contributed by atoms with Crippen LogP contribution in [0.5, 0.6) is 0 Å². The van der Waals surface area contributed by atoms with Gasteiger partial charge >= 0.3 is 0 Å². The Morgan fingerprint density at radius 1 is 0.938 bits per heavy atom. The standard InChI is InChI=1S/C14H31NO/c1-12(2,3)11-14(6,7)16-10-9-13(4,5)15-8/h15H,9-11H2,1-8H3. The molecule has 0 aromatic rings. The summed E-state index contributed by atoms with van der Waals surface area (Å²) in [5, 5.41) is 3.30. The fraction of sp³-hybridized carbons (Fsp3) is 1.00. The van der Waals surface area contributed by atoms with Crippen molar-refractivity contribution in [1.82, 2.24) is 5.32 Å². The highest BCUT2D eigenvalue weighted by Crippen LogP contribution is 2.29. The molecule has 0 rings (SSSR count). The van der Waals surface area contributed by atoms with Crippen LogP contribution in [-0.4, -0.2) is 24.8 Å². The Kier molecular flexibility index (Phi) is 5.48. The SMILES string of the molecule is CNC(C)(C)CCOC(C)(C)CC(C)(C)C. The molecule has 0 aliphatic heterocycles. The third-order valence-corrected chi connectivity index (χ3v) is 2.85. The van der Waals surface area contributed by atoms with E-state index >= 15 is 0 Å². The zero-order chi connectivity index (χ0) is 13.0. The number of hydrogen-bond acceptors (Lipinski definition) is 2. The van der Waals surface area contributed by atoms with Crippen LogP contribution in [0.25, 0.3) is 0 Å². The largest absolute Gasteiger partial charge is 0.375 e. The van der Waals surface area contributed by atoms with Crippen LogP contribution in [-0.2, 0) is 4.74 Å².